The maximum absolute atomic E-state index is 5.27. The SMILES string of the molecule is CC1(C)c2ccccc2-c2cccc(-c3ccc(-c4ccc(-c5cc(-c6cccc7c6sc6ccccc67)nc(-c6ccccc6)n5)c5ccccc45)cc3)c21. The van der Waals surface area contributed by atoms with Gasteiger partial charge in [-0.3, -0.25) is 0 Å². The average Bonchev–Trinajstić information content (AvgIpc) is 3.76. The van der Waals surface area contributed by atoms with Gasteiger partial charge < -0.3 is 0 Å². The summed E-state index contributed by atoms with van der Waals surface area (Å²) in [6, 6.07) is 65.8. The van der Waals surface area contributed by atoms with Crippen molar-refractivity contribution in [1.29, 1.82) is 0 Å². The summed E-state index contributed by atoms with van der Waals surface area (Å²) < 4.78 is 2.53. The molecule has 3 heteroatoms. The molecule has 0 saturated carbocycles. The Morgan fingerprint density at radius 1 is 0.393 bits per heavy atom. The van der Waals surface area contributed by atoms with Crippen LogP contribution in [-0.2, 0) is 5.41 Å². The smallest absolute Gasteiger partial charge is 0.160 e. The molecule has 0 fully saturated rings. The van der Waals surface area contributed by atoms with Crippen LogP contribution in [0.15, 0.2) is 182 Å². The van der Waals surface area contributed by atoms with Gasteiger partial charge >= 0.3 is 0 Å². The van der Waals surface area contributed by atoms with E-state index in [9.17, 15) is 0 Å². The number of hydrogen-bond donors (Lipinski definition) is 0. The summed E-state index contributed by atoms with van der Waals surface area (Å²) in [4.78, 5) is 10.5. The van der Waals surface area contributed by atoms with Gasteiger partial charge in [0.05, 0.1) is 11.4 Å². The fourth-order valence-corrected chi connectivity index (χ4v) is 10.3. The summed E-state index contributed by atoms with van der Waals surface area (Å²) in [5.74, 6) is 0.721. The quantitative estimate of drug-likeness (QED) is 0.176. The van der Waals surface area contributed by atoms with Gasteiger partial charge in [-0.1, -0.05) is 184 Å². The Balaban J connectivity index is 1.03. The lowest BCUT2D eigenvalue weighted by atomic mass is 9.79. The molecule has 264 valence electrons. The van der Waals surface area contributed by atoms with Gasteiger partial charge in [0.2, 0.25) is 0 Å². The predicted molar refractivity (Wildman–Crippen MR) is 237 cm³/mol. The van der Waals surface area contributed by atoms with Crippen molar-refractivity contribution in [2.24, 2.45) is 0 Å². The molecular weight excluding hydrogens is 697 g/mol. The third-order valence-electron chi connectivity index (χ3n) is 11.7. The third kappa shape index (κ3) is 5.08. The second-order valence-corrected chi connectivity index (χ2v) is 16.3. The molecule has 0 N–H and O–H groups in total. The highest BCUT2D eigenvalue weighted by atomic mass is 32.1. The van der Waals surface area contributed by atoms with E-state index in [1.165, 1.54) is 75.5 Å². The minimum atomic E-state index is -0.0706. The lowest BCUT2D eigenvalue weighted by Gasteiger charge is -2.24. The van der Waals surface area contributed by atoms with Crippen LogP contribution in [0.1, 0.15) is 25.0 Å². The van der Waals surface area contributed by atoms with Crippen molar-refractivity contribution in [3.05, 3.63) is 193 Å². The number of thiophene rings is 1. The zero-order valence-corrected chi connectivity index (χ0v) is 31.9. The summed E-state index contributed by atoms with van der Waals surface area (Å²) in [6.45, 7) is 4.72. The van der Waals surface area contributed by atoms with E-state index in [1.54, 1.807) is 0 Å². The first-order valence-electron chi connectivity index (χ1n) is 19.2. The zero-order valence-electron chi connectivity index (χ0n) is 31.1. The summed E-state index contributed by atoms with van der Waals surface area (Å²) in [5, 5.41) is 4.90. The molecule has 0 spiro atoms. The number of rotatable bonds is 5. The van der Waals surface area contributed by atoms with Gasteiger partial charge in [0.15, 0.2) is 5.82 Å². The zero-order chi connectivity index (χ0) is 37.4. The van der Waals surface area contributed by atoms with E-state index in [0.29, 0.717) is 0 Å². The van der Waals surface area contributed by atoms with Gasteiger partial charge in [-0.15, -0.1) is 11.3 Å². The topological polar surface area (TPSA) is 25.8 Å². The van der Waals surface area contributed by atoms with Crippen LogP contribution in [0.5, 0.6) is 0 Å². The maximum Gasteiger partial charge on any atom is 0.160 e. The summed E-state index contributed by atoms with van der Waals surface area (Å²) in [6.07, 6.45) is 0. The molecule has 1 aliphatic rings. The van der Waals surface area contributed by atoms with Gasteiger partial charge in [0.25, 0.3) is 0 Å². The maximum atomic E-state index is 5.27. The number of benzene rings is 8. The first kappa shape index (κ1) is 32.7. The molecular formula is C53H36N2S. The van der Waals surface area contributed by atoms with E-state index in [-0.39, 0.29) is 5.41 Å². The molecule has 56 heavy (non-hydrogen) atoms. The predicted octanol–water partition coefficient (Wildman–Crippen LogP) is 14.6. The van der Waals surface area contributed by atoms with E-state index in [2.05, 4.69) is 190 Å². The van der Waals surface area contributed by atoms with Crippen LogP contribution in [0.2, 0.25) is 0 Å². The highest BCUT2D eigenvalue weighted by Crippen LogP contribution is 2.52. The largest absolute Gasteiger partial charge is 0.228 e. The van der Waals surface area contributed by atoms with Crippen LogP contribution in [0.3, 0.4) is 0 Å². The molecule has 0 atom stereocenters. The molecule has 0 aliphatic heterocycles. The van der Waals surface area contributed by atoms with E-state index in [1.807, 2.05) is 17.4 Å². The molecule has 2 aromatic heterocycles. The Morgan fingerprint density at radius 2 is 0.946 bits per heavy atom. The monoisotopic (exact) mass is 732 g/mol. The van der Waals surface area contributed by atoms with Gasteiger partial charge in [-0.05, 0) is 67.4 Å². The first-order valence-corrected chi connectivity index (χ1v) is 20.1. The number of nitrogens with zero attached hydrogens (tertiary/aromatic N) is 2. The minimum Gasteiger partial charge on any atom is -0.228 e. The van der Waals surface area contributed by atoms with Crippen LogP contribution >= 0.6 is 11.3 Å². The normalized spacial score (nSPS) is 13.0. The van der Waals surface area contributed by atoms with Crippen molar-refractivity contribution < 1.29 is 0 Å². The Bertz CT molecular complexity index is 3150. The van der Waals surface area contributed by atoms with E-state index in [0.717, 1.165) is 33.9 Å². The van der Waals surface area contributed by atoms with Crippen molar-refractivity contribution >= 4 is 42.3 Å². The highest BCUT2D eigenvalue weighted by molar-refractivity contribution is 7.26. The van der Waals surface area contributed by atoms with E-state index < -0.39 is 0 Å². The molecule has 0 radical (unpaired) electrons. The third-order valence-corrected chi connectivity index (χ3v) is 12.9. The molecule has 1 aliphatic carbocycles. The van der Waals surface area contributed by atoms with Gasteiger partial charge in [0, 0.05) is 42.3 Å². The fraction of sp³-hybridized carbons (Fsp3) is 0.0566. The van der Waals surface area contributed by atoms with Crippen molar-refractivity contribution in [2.45, 2.75) is 19.3 Å². The molecule has 0 amide bonds. The second-order valence-electron chi connectivity index (χ2n) is 15.3. The lowest BCUT2D eigenvalue weighted by molar-refractivity contribution is 0.662. The lowest BCUT2D eigenvalue weighted by Crippen LogP contribution is -2.16. The minimum absolute atomic E-state index is 0.0706. The Labute approximate surface area is 330 Å². The average molecular weight is 733 g/mol. The Kier molecular flexibility index (Phi) is 7.42. The van der Waals surface area contributed by atoms with E-state index >= 15 is 0 Å². The van der Waals surface area contributed by atoms with Crippen LogP contribution in [-0.4, -0.2) is 9.97 Å². The first-order chi connectivity index (χ1) is 27.5. The second kappa shape index (κ2) is 12.7. The van der Waals surface area contributed by atoms with Crippen molar-refractivity contribution in [3.8, 4) is 67.3 Å². The summed E-state index contributed by atoms with van der Waals surface area (Å²) >= 11 is 1.83. The molecule has 10 aromatic rings. The van der Waals surface area contributed by atoms with Crippen LogP contribution in [0.25, 0.3) is 98.2 Å². The van der Waals surface area contributed by atoms with Gasteiger partial charge in [0.1, 0.15) is 0 Å². The molecule has 2 heterocycles. The Morgan fingerprint density at radius 3 is 1.75 bits per heavy atom. The molecule has 0 unspecified atom stereocenters. The molecule has 11 rings (SSSR count). The van der Waals surface area contributed by atoms with Crippen molar-refractivity contribution in [2.75, 3.05) is 0 Å². The number of fused-ring (bicyclic) bond motifs is 7. The molecule has 0 bridgehead atoms. The van der Waals surface area contributed by atoms with Crippen LogP contribution in [0.4, 0.5) is 0 Å². The Hall–Kier alpha value is -6.68. The highest BCUT2D eigenvalue weighted by Gasteiger charge is 2.37. The summed E-state index contributed by atoms with van der Waals surface area (Å²) in [7, 11) is 0. The van der Waals surface area contributed by atoms with Crippen LogP contribution < -0.4 is 0 Å². The fourth-order valence-electron chi connectivity index (χ4n) is 9.08. The molecule has 0 saturated heterocycles. The number of aromatic nitrogens is 2. The van der Waals surface area contributed by atoms with E-state index in [4.69, 9.17) is 9.97 Å². The van der Waals surface area contributed by atoms with Crippen LogP contribution in [0, 0.1) is 0 Å². The standard InChI is InChI=1S/C53H36N2S/c1-53(2)46-24-10-8-18-40(46)43-21-12-20-37(50(43)53)34-28-26-33(27-29-34)36-30-31-41(39-17-7-6-16-38(36)39)47-32-48(55-52(54-47)35-14-4-3-5-15-35)45-23-13-22-44-42-19-9-11-25-49(42)56-51(44)45/h3-32H,1-2H3. The summed E-state index contributed by atoms with van der Waals surface area (Å²) in [5.41, 5.74) is 15.4. The number of hydrogen-bond acceptors (Lipinski definition) is 3. The van der Waals surface area contributed by atoms with Crippen molar-refractivity contribution in [3.63, 3.8) is 0 Å². The van der Waals surface area contributed by atoms with Gasteiger partial charge in [-0.25, -0.2) is 9.97 Å². The van der Waals surface area contributed by atoms with Gasteiger partial charge in [-0.2, -0.15) is 0 Å². The molecule has 2 nitrogen and oxygen atoms in total. The van der Waals surface area contributed by atoms with Crippen molar-refractivity contribution in [1.82, 2.24) is 9.97 Å². The molecule has 8 aromatic carbocycles.